The molecule has 1 heterocycles. The predicted molar refractivity (Wildman–Crippen MR) is 198 cm³/mol. The number of hydrogen-bond donors (Lipinski definition) is 3. The SMILES string of the molecule is C=CCOC(=O)c1c[nH]c2cc(Cl)c(-c3ccc(OCCNC(=O)CCCCCCCCCCCCCCCCCCC(=O)O)cc3)cc12. The zero-order valence-electron chi connectivity index (χ0n) is 29.0. The Morgan fingerprint density at radius 1 is 0.796 bits per heavy atom. The molecule has 0 radical (unpaired) electrons. The molecule has 0 fully saturated rings. The van der Waals surface area contributed by atoms with Crippen LogP contribution in [0.25, 0.3) is 22.0 Å². The van der Waals surface area contributed by atoms with Gasteiger partial charge >= 0.3 is 11.9 Å². The monoisotopic (exact) mass is 694 g/mol. The van der Waals surface area contributed by atoms with Gasteiger partial charge in [0.25, 0.3) is 0 Å². The molecule has 0 bridgehead atoms. The van der Waals surface area contributed by atoms with Crippen LogP contribution in [0.15, 0.2) is 55.3 Å². The van der Waals surface area contributed by atoms with E-state index in [0.29, 0.717) is 42.3 Å². The molecule has 3 rings (SSSR count). The summed E-state index contributed by atoms with van der Waals surface area (Å²) in [6, 6.07) is 11.3. The van der Waals surface area contributed by atoms with Crippen molar-refractivity contribution in [3.63, 3.8) is 0 Å². The third-order valence-corrected chi connectivity index (χ3v) is 9.04. The van der Waals surface area contributed by atoms with Crippen LogP contribution in [0, 0.1) is 0 Å². The molecule has 268 valence electrons. The quantitative estimate of drug-likeness (QED) is 0.0415. The summed E-state index contributed by atoms with van der Waals surface area (Å²) in [7, 11) is 0. The van der Waals surface area contributed by atoms with E-state index in [9.17, 15) is 14.4 Å². The highest BCUT2D eigenvalue weighted by molar-refractivity contribution is 6.34. The van der Waals surface area contributed by atoms with E-state index >= 15 is 0 Å². The minimum Gasteiger partial charge on any atom is -0.492 e. The van der Waals surface area contributed by atoms with Crippen molar-refractivity contribution in [1.82, 2.24) is 10.3 Å². The third-order valence-electron chi connectivity index (χ3n) is 8.72. The molecule has 49 heavy (non-hydrogen) atoms. The maximum absolute atomic E-state index is 12.4. The Balaban J connectivity index is 1.18. The Hall–Kier alpha value is -3.78. The number of carbonyl (C=O) groups excluding carboxylic acids is 2. The van der Waals surface area contributed by atoms with Crippen molar-refractivity contribution in [3.8, 4) is 16.9 Å². The number of benzene rings is 2. The normalized spacial score (nSPS) is 11.0. The number of carbonyl (C=O) groups is 3. The van der Waals surface area contributed by atoms with Gasteiger partial charge in [-0.2, -0.15) is 0 Å². The van der Waals surface area contributed by atoms with Gasteiger partial charge in [0.2, 0.25) is 5.91 Å². The molecule has 0 saturated carbocycles. The van der Waals surface area contributed by atoms with Crippen LogP contribution in [0.1, 0.15) is 126 Å². The summed E-state index contributed by atoms with van der Waals surface area (Å²) in [6.45, 7) is 4.56. The second kappa shape index (κ2) is 23.6. The lowest BCUT2D eigenvalue weighted by molar-refractivity contribution is -0.137. The van der Waals surface area contributed by atoms with Gasteiger partial charge in [-0.1, -0.05) is 126 Å². The fourth-order valence-corrected chi connectivity index (χ4v) is 6.23. The fraction of sp³-hybridized carbons (Fsp3) is 0.525. The van der Waals surface area contributed by atoms with Crippen LogP contribution < -0.4 is 10.1 Å². The van der Waals surface area contributed by atoms with Crippen LogP contribution in [0.4, 0.5) is 0 Å². The maximum atomic E-state index is 12.4. The van der Waals surface area contributed by atoms with Gasteiger partial charge in [0.15, 0.2) is 0 Å². The summed E-state index contributed by atoms with van der Waals surface area (Å²) in [5.41, 5.74) is 2.88. The van der Waals surface area contributed by atoms with Crippen molar-refractivity contribution in [3.05, 3.63) is 65.8 Å². The Bertz CT molecular complexity index is 1430. The number of aliphatic carboxylic acids is 1. The number of carboxylic acids is 1. The Morgan fingerprint density at radius 3 is 1.90 bits per heavy atom. The second-order valence-electron chi connectivity index (χ2n) is 12.7. The molecule has 8 nitrogen and oxygen atoms in total. The minimum atomic E-state index is -0.681. The van der Waals surface area contributed by atoms with Crippen LogP contribution in [0.3, 0.4) is 0 Å². The first-order valence-corrected chi connectivity index (χ1v) is 18.6. The molecule has 0 unspecified atom stereocenters. The standard InChI is InChI=1S/C40H55ClN2O6/c1-2-26-49-40(47)35-30-43-37-29-36(41)33(28-34(35)37)31-21-23-32(24-22-31)48-27-25-42-38(44)19-17-15-13-11-9-7-5-3-4-6-8-10-12-14-16-18-20-39(45)46/h2,21-24,28-30,43H,1,3-20,25-27H2,(H,42,44)(H,45,46). The van der Waals surface area contributed by atoms with Gasteiger partial charge in [0.1, 0.15) is 19.0 Å². The van der Waals surface area contributed by atoms with Gasteiger partial charge in [0, 0.05) is 35.5 Å². The summed E-state index contributed by atoms with van der Waals surface area (Å²) in [5, 5.41) is 12.9. The topological polar surface area (TPSA) is 118 Å². The Labute approximate surface area is 297 Å². The number of aromatic amines is 1. The molecule has 3 N–H and O–H groups in total. The first-order chi connectivity index (χ1) is 23.9. The van der Waals surface area contributed by atoms with Crippen molar-refractivity contribution >= 4 is 40.3 Å². The lowest BCUT2D eigenvalue weighted by atomic mass is 10.0. The highest BCUT2D eigenvalue weighted by atomic mass is 35.5. The van der Waals surface area contributed by atoms with Crippen LogP contribution >= 0.6 is 11.6 Å². The summed E-state index contributed by atoms with van der Waals surface area (Å²) in [5.74, 6) is -0.338. The number of halogens is 1. The number of fused-ring (bicyclic) bond motifs is 1. The molecule has 0 aliphatic rings. The van der Waals surface area contributed by atoms with Crippen molar-refractivity contribution in [2.24, 2.45) is 0 Å². The van der Waals surface area contributed by atoms with Crippen LogP contribution in [-0.4, -0.2) is 47.7 Å². The number of nitrogens with one attached hydrogen (secondary N) is 2. The van der Waals surface area contributed by atoms with E-state index in [-0.39, 0.29) is 12.5 Å². The largest absolute Gasteiger partial charge is 0.492 e. The molecule has 1 aromatic heterocycles. The van der Waals surface area contributed by atoms with Crippen molar-refractivity contribution in [1.29, 1.82) is 0 Å². The molecular weight excluding hydrogens is 640 g/mol. The molecule has 0 spiro atoms. The molecule has 0 atom stereocenters. The van der Waals surface area contributed by atoms with E-state index in [2.05, 4.69) is 16.9 Å². The molecular formula is C40H55ClN2O6. The van der Waals surface area contributed by atoms with E-state index in [1.54, 1.807) is 12.3 Å². The van der Waals surface area contributed by atoms with Crippen LogP contribution in [0.5, 0.6) is 5.75 Å². The summed E-state index contributed by atoms with van der Waals surface area (Å²) < 4.78 is 11.0. The van der Waals surface area contributed by atoms with Crippen LogP contribution in [0.2, 0.25) is 5.02 Å². The van der Waals surface area contributed by atoms with Gasteiger partial charge in [-0.3, -0.25) is 9.59 Å². The minimum absolute atomic E-state index is 0.0691. The molecule has 3 aromatic rings. The molecule has 0 saturated heterocycles. The lowest BCUT2D eigenvalue weighted by Crippen LogP contribution is -2.27. The third kappa shape index (κ3) is 15.5. The van der Waals surface area contributed by atoms with E-state index in [0.717, 1.165) is 54.1 Å². The number of carboxylic acid groups (broad SMARTS) is 1. The van der Waals surface area contributed by atoms with Crippen molar-refractivity contribution < 1.29 is 29.0 Å². The van der Waals surface area contributed by atoms with Gasteiger partial charge in [-0.15, -0.1) is 0 Å². The second-order valence-corrected chi connectivity index (χ2v) is 13.1. The zero-order valence-corrected chi connectivity index (χ0v) is 29.8. The zero-order chi connectivity index (χ0) is 35.1. The number of esters is 1. The fourth-order valence-electron chi connectivity index (χ4n) is 5.96. The average molecular weight is 695 g/mol. The first-order valence-electron chi connectivity index (χ1n) is 18.2. The number of ether oxygens (including phenoxy) is 2. The summed E-state index contributed by atoms with van der Waals surface area (Å²) >= 11 is 6.57. The van der Waals surface area contributed by atoms with E-state index in [1.807, 2.05) is 30.3 Å². The first kappa shape index (κ1) is 39.7. The molecule has 0 aliphatic heterocycles. The lowest BCUT2D eigenvalue weighted by Gasteiger charge is -2.10. The highest BCUT2D eigenvalue weighted by Crippen LogP contribution is 2.34. The Kier molecular flexibility index (Phi) is 19.1. The van der Waals surface area contributed by atoms with Gasteiger partial charge < -0.3 is 24.9 Å². The van der Waals surface area contributed by atoms with Gasteiger partial charge in [0.05, 0.1) is 17.1 Å². The number of aromatic nitrogens is 1. The van der Waals surface area contributed by atoms with Crippen molar-refractivity contribution in [2.75, 3.05) is 19.8 Å². The highest BCUT2D eigenvalue weighted by Gasteiger charge is 2.16. The summed E-state index contributed by atoms with van der Waals surface area (Å²) in [6.07, 6.45) is 23.2. The maximum Gasteiger partial charge on any atom is 0.340 e. The van der Waals surface area contributed by atoms with E-state index < -0.39 is 11.9 Å². The summed E-state index contributed by atoms with van der Waals surface area (Å²) in [4.78, 5) is 38.2. The number of amides is 1. The number of rotatable bonds is 27. The number of hydrogen-bond acceptors (Lipinski definition) is 5. The molecule has 2 aromatic carbocycles. The van der Waals surface area contributed by atoms with Gasteiger partial charge in [-0.05, 0) is 42.7 Å². The number of H-pyrrole nitrogens is 1. The van der Waals surface area contributed by atoms with E-state index in [1.165, 1.54) is 76.7 Å². The van der Waals surface area contributed by atoms with Crippen molar-refractivity contribution in [2.45, 2.75) is 116 Å². The van der Waals surface area contributed by atoms with Crippen LogP contribution in [-0.2, 0) is 14.3 Å². The predicted octanol–water partition coefficient (Wildman–Crippen LogP) is 10.4. The number of unbranched alkanes of at least 4 members (excludes halogenated alkanes) is 15. The molecule has 0 aliphatic carbocycles. The Morgan fingerprint density at radius 2 is 1.35 bits per heavy atom. The molecule has 1 amide bonds. The average Bonchev–Trinajstić information content (AvgIpc) is 3.51. The smallest absolute Gasteiger partial charge is 0.340 e. The molecule has 9 heteroatoms. The van der Waals surface area contributed by atoms with Gasteiger partial charge in [-0.25, -0.2) is 4.79 Å². The van der Waals surface area contributed by atoms with E-state index in [4.69, 9.17) is 26.2 Å².